The Balaban J connectivity index is 1.95. The van der Waals surface area contributed by atoms with E-state index in [0.717, 1.165) is 13.0 Å². The molecular weight excluding hydrogens is 268 g/mol. The molecule has 6 heteroatoms. The number of aryl methyl sites for hydroxylation is 1. The standard InChI is InChI=1S/C15H16N4O2/c1-18(2)5-3-6-19-7-4-10-13(19)15(21)11-8-16-9-17-12(11)14(10)20/h4,7-9H,3,5-6H2,1-2H3. The van der Waals surface area contributed by atoms with Gasteiger partial charge in [-0.25, -0.2) is 9.97 Å². The van der Waals surface area contributed by atoms with Crippen LogP contribution in [0.15, 0.2) is 24.8 Å². The topological polar surface area (TPSA) is 68.1 Å². The van der Waals surface area contributed by atoms with E-state index in [-0.39, 0.29) is 17.3 Å². The third kappa shape index (κ3) is 2.27. The summed E-state index contributed by atoms with van der Waals surface area (Å²) in [6.07, 6.45) is 5.43. The van der Waals surface area contributed by atoms with Gasteiger partial charge < -0.3 is 9.47 Å². The van der Waals surface area contributed by atoms with Gasteiger partial charge in [-0.1, -0.05) is 0 Å². The number of ketones is 2. The minimum Gasteiger partial charge on any atom is -0.344 e. The van der Waals surface area contributed by atoms with E-state index in [0.29, 0.717) is 23.4 Å². The molecule has 0 fully saturated rings. The molecule has 21 heavy (non-hydrogen) atoms. The minimum absolute atomic E-state index is 0.171. The molecule has 0 unspecified atom stereocenters. The van der Waals surface area contributed by atoms with E-state index in [1.54, 1.807) is 12.3 Å². The summed E-state index contributed by atoms with van der Waals surface area (Å²) in [6.45, 7) is 1.63. The second-order valence-electron chi connectivity index (χ2n) is 5.37. The maximum absolute atomic E-state index is 12.6. The lowest BCUT2D eigenvalue weighted by atomic mass is 9.93. The predicted octanol–water partition coefficient (Wildman–Crippen LogP) is 1.01. The van der Waals surface area contributed by atoms with Crippen molar-refractivity contribution in [1.82, 2.24) is 19.4 Å². The van der Waals surface area contributed by atoms with Crippen molar-refractivity contribution >= 4 is 11.6 Å². The lowest BCUT2D eigenvalue weighted by molar-refractivity contribution is 0.0969. The van der Waals surface area contributed by atoms with Gasteiger partial charge in [0.15, 0.2) is 0 Å². The third-order valence-electron chi connectivity index (χ3n) is 3.60. The molecular formula is C15H16N4O2. The molecule has 2 aromatic heterocycles. The van der Waals surface area contributed by atoms with Gasteiger partial charge in [0.1, 0.15) is 17.7 Å². The number of rotatable bonds is 4. The van der Waals surface area contributed by atoms with Crippen molar-refractivity contribution in [3.05, 3.63) is 47.3 Å². The smallest absolute Gasteiger partial charge is 0.214 e. The second-order valence-corrected chi connectivity index (χ2v) is 5.37. The Bertz CT molecular complexity index is 718. The largest absolute Gasteiger partial charge is 0.344 e. The van der Waals surface area contributed by atoms with Gasteiger partial charge in [-0.3, -0.25) is 9.59 Å². The zero-order valence-electron chi connectivity index (χ0n) is 12.0. The number of fused-ring (bicyclic) bond motifs is 2. The first-order valence-corrected chi connectivity index (χ1v) is 6.83. The van der Waals surface area contributed by atoms with E-state index < -0.39 is 0 Å². The minimum atomic E-state index is -0.201. The monoisotopic (exact) mass is 284 g/mol. The van der Waals surface area contributed by atoms with Gasteiger partial charge in [-0.05, 0) is 33.1 Å². The molecule has 108 valence electrons. The van der Waals surface area contributed by atoms with Gasteiger partial charge in [0.05, 0.1) is 11.1 Å². The number of hydrogen-bond donors (Lipinski definition) is 0. The Hall–Kier alpha value is -2.34. The summed E-state index contributed by atoms with van der Waals surface area (Å²) in [7, 11) is 4.01. The number of carbonyl (C=O) groups excluding carboxylic acids is 2. The molecule has 0 saturated heterocycles. The molecule has 0 N–H and O–H groups in total. The fraction of sp³-hybridized carbons (Fsp3) is 0.333. The molecule has 1 aliphatic rings. The molecule has 2 heterocycles. The van der Waals surface area contributed by atoms with Crippen LogP contribution >= 0.6 is 0 Å². The maximum atomic E-state index is 12.6. The summed E-state index contributed by atoms with van der Waals surface area (Å²) in [4.78, 5) is 34.8. The van der Waals surface area contributed by atoms with Crippen LogP contribution in [0, 0.1) is 0 Å². The lowest BCUT2D eigenvalue weighted by Gasteiger charge is -2.16. The Morgan fingerprint density at radius 3 is 2.76 bits per heavy atom. The van der Waals surface area contributed by atoms with Gasteiger partial charge in [-0.2, -0.15) is 0 Å². The van der Waals surface area contributed by atoms with Gasteiger partial charge in [0.25, 0.3) is 0 Å². The maximum Gasteiger partial charge on any atom is 0.214 e. The van der Waals surface area contributed by atoms with Gasteiger partial charge in [0.2, 0.25) is 11.6 Å². The number of aromatic nitrogens is 3. The molecule has 0 bridgehead atoms. The summed E-state index contributed by atoms with van der Waals surface area (Å²) < 4.78 is 1.86. The third-order valence-corrected chi connectivity index (χ3v) is 3.60. The van der Waals surface area contributed by atoms with E-state index in [4.69, 9.17) is 0 Å². The van der Waals surface area contributed by atoms with Crippen molar-refractivity contribution < 1.29 is 9.59 Å². The molecule has 0 aliphatic heterocycles. The zero-order valence-corrected chi connectivity index (χ0v) is 12.0. The van der Waals surface area contributed by atoms with Crippen molar-refractivity contribution in [2.75, 3.05) is 20.6 Å². The van der Waals surface area contributed by atoms with Crippen LogP contribution in [0.1, 0.15) is 38.5 Å². The first-order chi connectivity index (χ1) is 10.1. The molecule has 0 atom stereocenters. The first-order valence-electron chi connectivity index (χ1n) is 6.83. The van der Waals surface area contributed by atoms with E-state index in [1.807, 2.05) is 18.7 Å². The first kappa shape index (κ1) is 13.6. The van der Waals surface area contributed by atoms with Crippen LogP contribution < -0.4 is 0 Å². The highest BCUT2D eigenvalue weighted by Gasteiger charge is 2.33. The number of carbonyl (C=O) groups is 2. The van der Waals surface area contributed by atoms with Crippen LogP contribution in [0.2, 0.25) is 0 Å². The molecule has 0 radical (unpaired) electrons. The highest BCUT2D eigenvalue weighted by atomic mass is 16.1. The fourth-order valence-electron chi connectivity index (χ4n) is 2.58. The fourth-order valence-corrected chi connectivity index (χ4v) is 2.58. The van der Waals surface area contributed by atoms with Gasteiger partial charge >= 0.3 is 0 Å². The van der Waals surface area contributed by atoms with Crippen molar-refractivity contribution in [3.8, 4) is 0 Å². The molecule has 0 spiro atoms. The molecule has 1 aliphatic carbocycles. The summed E-state index contributed by atoms with van der Waals surface area (Å²) in [6, 6.07) is 1.70. The molecule has 0 saturated carbocycles. The van der Waals surface area contributed by atoms with Gasteiger partial charge in [0, 0.05) is 18.9 Å². The van der Waals surface area contributed by atoms with Crippen molar-refractivity contribution in [2.45, 2.75) is 13.0 Å². The van der Waals surface area contributed by atoms with E-state index in [2.05, 4.69) is 14.9 Å². The highest BCUT2D eigenvalue weighted by molar-refractivity contribution is 6.27. The number of hydrogen-bond acceptors (Lipinski definition) is 5. The zero-order chi connectivity index (χ0) is 15.0. The summed E-state index contributed by atoms with van der Waals surface area (Å²) >= 11 is 0. The van der Waals surface area contributed by atoms with Crippen LogP contribution in [-0.2, 0) is 6.54 Å². The Morgan fingerprint density at radius 2 is 2.00 bits per heavy atom. The average molecular weight is 284 g/mol. The Kier molecular flexibility index (Phi) is 3.39. The van der Waals surface area contributed by atoms with E-state index >= 15 is 0 Å². The Morgan fingerprint density at radius 1 is 1.19 bits per heavy atom. The predicted molar refractivity (Wildman–Crippen MR) is 76.5 cm³/mol. The highest BCUT2D eigenvalue weighted by Crippen LogP contribution is 2.26. The van der Waals surface area contributed by atoms with Crippen LogP contribution in [0.4, 0.5) is 0 Å². The average Bonchev–Trinajstić information content (AvgIpc) is 2.89. The normalized spacial score (nSPS) is 13.5. The van der Waals surface area contributed by atoms with E-state index in [1.165, 1.54) is 12.5 Å². The lowest BCUT2D eigenvalue weighted by Crippen LogP contribution is -2.25. The van der Waals surface area contributed by atoms with Crippen LogP contribution in [0.25, 0.3) is 0 Å². The van der Waals surface area contributed by atoms with Crippen LogP contribution in [0.3, 0.4) is 0 Å². The molecule has 0 amide bonds. The quantitative estimate of drug-likeness (QED) is 0.715. The molecule has 0 aromatic carbocycles. The second kappa shape index (κ2) is 5.21. The van der Waals surface area contributed by atoms with Crippen LogP contribution in [-0.4, -0.2) is 51.6 Å². The Labute approximate surface area is 122 Å². The van der Waals surface area contributed by atoms with E-state index in [9.17, 15) is 9.59 Å². The molecule has 3 rings (SSSR count). The molecule has 2 aromatic rings. The van der Waals surface area contributed by atoms with Crippen molar-refractivity contribution in [1.29, 1.82) is 0 Å². The number of nitrogens with zero attached hydrogens (tertiary/aromatic N) is 4. The summed E-state index contributed by atoms with van der Waals surface area (Å²) in [5.74, 6) is -0.372. The molecule has 6 nitrogen and oxygen atoms in total. The SMILES string of the molecule is CN(C)CCCn1ccc2c1C(=O)c1cncnc1C2=O. The van der Waals surface area contributed by atoms with Crippen LogP contribution in [0.5, 0.6) is 0 Å². The van der Waals surface area contributed by atoms with Gasteiger partial charge in [-0.15, -0.1) is 0 Å². The summed E-state index contributed by atoms with van der Waals surface area (Å²) in [5, 5.41) is 0. The van der Waals surface area contributed by atoms with Crippen molar-refractivity contribution in [3.63, 3.8) is 0 Å². The summed E-state index contributed by atoms with van der Waals surface area (Å²) in [5.41, 5.74) is 1.40. The van der Waals surface area contributed by atoms with Crippen molar-refractivity contribution in [2.24, 2.45) is 0 Å².